The summed E-state index contributed by atoms with van der Waals surface area (Å²) in [6.07, 6.45) is -7.87. The molecule has 0 aromatic heterocycles. The van der Waals surface area contributed by atoms with E-state index in [1.54, 1.807) is 0 Å². The summed E-state index contributed by atoms with van der Waals surface area (Å²) >= 11 is 0. The Bertz CT molecular complexity index is 337. The third kappa shape index (κ3) is 8.32. The fourth-order valence-corrected chi connectivity index (χ4v) is 1.59. The molecule has 0 radical (unpaired) electrons. The predicted octanol–water partition coefficient (Wildman–Crippen LogP) is -3.68. The number of esters is 1. The number of rotatable bonds is 13. The highest BCUT2D eigenvalue weighted by Crippen LogP contribution is 2.13. The number of carbonyl (C=O) groups is 2. The van der Waals surface area contributed by atoms with Crippen molar-refractivity contribution >= 4 is 12.3 Å². The Kier molecular flexibility index (Phi) is 11.7. The van der Waals surface area contributed by atoms with E-state index in [0.29, 0.717) is 0 Å². The molecule has 0 aromatic rings. The summed E-state index contributed by atoms with van der Waals surface area (Å²) in [5.41, 5.74) is 0. The number of carbonyl (C=O) groups excluding carboxylic acids is 2. The molecule has 0 heterocycles. The summed E-state index contributed by atoms with van der Waals surface area (Å²) in [7, 11) is 0. The van der Waals surface area contributed by atoms with Gasteiger partial charge in [0.2, 0.25) is 0 Å². The lowest BCUT2D eigenvalue weighted by molar-refractivity contribution is -0.181. The zero-order valence-corrected chi connectivity index (χ0v) is 12.5. The number of aldehydes is 1. The molecule has 0 saturated carbocycles. The van der Waals surface area contributed by atoms with Crippen LogP contribution in [0.3, 0.4) is 0 Å². The van der Waals surface area contributed by atoms with Gasteiger partial charge in [-0.3, -0.25) is 4.79 Å². The van der Waals surface area contributed by atoms with Gasteiger partial charge < -0.3 is 44.9 Å². The predicted molar refractivity (Wildman–Crippen MR) is 74.2 cm³/mol. The van der Waals surface area contributed by atoms with Gasteiger partial charge in [0.15, 0.2) is 12.4 Å². The van der Waals surface area contributed by atoms with Gasteiger partial charge in [-0.15, -0.1) is 0 Å². The maximum atomic E-state index is 11.5. The molecule has 0 rings (SSSR count). The molecular formula is C13H24O10. The van der Waals surface area contributed by atoms with Crippen LogP contribution in [-0.2, 0) is 19.1 Å². The second-order valence-electron chi connectivity index (χ2n) is 4.79. The van der Waals surface area contributed by atoms with E-state index in [0.717, 1.165) is 0 Å². The largest absolute Gasteiger partial charge is 0.457 e. The van der Waals surface area contributed by atoms with Crippen LogP contribution in [0.4, 0.5) is 0 Å². The van der Waals surface area contributed by atoms with Gasteiger partial charge >= 0.3 is 5.97 Å². The molecule has 10 nitrogen and oxygen atoms in total. The summed E-state index contributed by atoms with van der Waals surface area (Å²) in [5.74, 6) is -0.851. The fraction of sp³-hybridized carbons (Fsp3) is 0.846. The van der Waals surface area contributed by atoms with Crippen molar-refractivity contribution < 1.29 is 49.7 Å². The van der Waals surface area contributed by atoms with Crippen LogP contribution in [0.2, 0.25) is 0 Å². The van der Waals surface area contributed by atoms with E-state index in [1.165, 1.54) is 0 Å². The number of aliphatic hydroxyl groups is 6. The van der Waals surface area contributed by atoms with Crippen LogP contribution in [0, 0.1) is 0 Å². The van der Waals surface area contributed by atoms with Crippen molar-refractivity contribution in [3.05, 3.63) is 0 Å². The summed E-state index contributed by atoms with van der Waals surface area (Å²) in [4.78, 5) is 22.5. The number of aliphatic hydroxyl groups excluding tert-OH is 6. The van der Waals surface area contributed by atoms with E-state index in [-0.39, 0.29) is 25.7 Å². The summed E-state index contributed by atoms with van der Waals surface area (Å²) in [6.45, 7) is -2.21. The Morgan fingerprint density at radius 2 is 1.74 bits per heavy atom. The number of ether oxygens (including phenoxy) is 2. The van der Waals surface area contributed by atoms with E-state index >= 15 is 0 Å². The first kappa shape index (κ1) is 21.9. The lowest BCUT2D eigenvalue weighted by Crippen LogP contribution is -2.50. The van der Waals surface area contributed by atoms with Crippen LogP contribution < -0.4 is 0 Å². The van der Waals surface area contributed by atoms with Gasteiger partial charge in [0.25, 0.3) is 0 Å². The van der Waals surface area contributed by atoms with Gasteiger partial charge in [0, 0.05) is 13.0 Å². The number of hydrogen-bond acceptors (Lipinski definition) is 10. The van der Waals surface area contributed by atoms with Gasteiger partial charge in [-0.25, -0.2) is 0 Å². The number of hydrogen-bond donors (Lipinski definition) is 6. The quantitative estimate of drug-likeness (QED) is 0.145. The Labute approximate surface area is 132 Å². The zero-order valence-electron chi connectivity index (χ0n) is 12.5. The van der Waals surface area contributed by atoms with Crippen LogP contribution in [-0.4, -0.2) is 99.8 Å². The molecule has 136 valence electrons. The molecule has 0 aliphatic rings. The Balaban J connectivity index is 4.84. The average Bonchev–Trinajstić information content (AvgIpc) is 2.56. The van der Waals surface area contributed by atoms with Crippen LogP contribution in [0.25, 0.3) is 0 Å². The third-order valence-electron chi connectivity index (χ3n) is 2.87. The lowest BCUT2D eigenvalue weighted by atomic mass is 10.0. The van der Waals surface area contributed by atoms with E-state index in [9.17, 15) is 19.8 Å². The molecule has 0 bridgehead atoms. The topological polar surface area (TPSA) is 174 Å². The Hall–Kier alpha value is -1.14. The molecular weight excluding hydrogens is 316 g/mol. The molecule has 0 fully saturated rings. The monoisotopic (exact) mass is 340 g/mol. The standard InChI is InChI=1S/C13H24O10/c14-3-1-2-11(20)23-13(9(19)5-16)12(21)10(6-17)22-7-8(18)4-15/h6,8-10,12-16,18-19,21H,1-5,7H2/t8?,9-,10+,12-,13-/m1/s1. The third-order valence-corrected chi connectivity index (χ3v) is 2.87. The van der Waals surface area contributed by atoms with Crippen molar-refractivity contribution in [1.82, 2.24) is 0 Å². The molecule has 0 amide bonds. The highest BCUT2D eigenvalue weighted by atomic mass is 16.6. The molecule has 0 aromatic carbocycles. The highest BCUT2D eigenvalue weighted by Gasteiger charge is 2.36. The van der Waals surface area contributed by atoms with Gasteiger partial charge in [-0.05, 0) is 6.42 Å². The van der Waals surface area contributed by atoms with Crippen molar-refractivity contribution in [2.75, 3.05) is 26.4 Å². The maximum absolute atomic E-state index is 11.5. The molecule has 0 spiro atoms. The van der Waals surface area contributed by atoms with Gasteiger partial charge in [-0.1, -0.05) is 0 Å². The van der Waals surface area contributed by atoms with Gasteiger partial charge in [0.1, 0.15) is 24.4 Å². The minimum Gasteiger partial charge on any atom is -0.457 e. The minimum absolute atomic E-state index is 0.104. The molecule has 6 N–H and O–H groups in total. The van der Waals surface area contributed by atoms with Crippen LogP contribution in [0.5, 0.6) is 0 Å². The van der Waals surface area contributed by atoms with E-state index in [2.05, 4.69) is 0 Å². The lowest BCUT2D eigenvalue weighted by Gasteiger charge is -2.29. The first-order chi connectivity index (χ1) is 10.9. The van der Waals surface area contributed by atoms with Crippen LogP contribution in [0.15, 0.2) is 0 Å². The second kappa shape index (κ2) is 12.3. The minimum atomic E-state index is -1.81. The molecule has 23 heavy (non-hydrogen) atoms. The molecule has 5 atom stereocenters. The first-order valence-electron chi connectivity index (χ1n) is 7.04. The molecule has 0 aliphatic carbocycles. The maximum Gasteiger partial charge on any atom is 0.306 e. The van der Waals surface area contributed by atoms with Crippen molar-refractivity contribution in [1.29, 1.82) is 0 Å². The Morgan fingerprint density at radius 3 is 2.22 bits per heavy atom. The summed E-state index contributed by atoms with van der Waals surface area (Å²) in [6, 6.07) is 0. The molecule has 0 saturated heterocycles. The van der Waals surface area contributed by atoms with Crippen molar-refractivity contribution in [2.45, 2.75) is 43.4 Å². The molecule has 10 heteroatoms. The van der Waals surface area contributed by atoms with Crippen LogP contribution in [0.1, 0.15) is 12.8 Å². The summed E-state index contributed by atoms with van der Waals surface area (Å²) in [5, 5.41) is 55.1. The van der Waals surface area contributed by atoms with Gasteiger partial charge in [-0.2, -0.15) is 0 Å². The SMILES string of the molecule is O=C[C@H](OCC(O)CO)[C@@H](O)[C@H](OC(=O)CCCO)[C@H](O)CO. The van der Waals surface area contributed by atoms with E-state index < -0.39 is 56.3 Å². The van der Waals surface area contributed by atoms with Crippen LogP contribution >= 0.6 is 0 Å². The average molecular weight is 340 g/mol. The first-order valence-corrected chi connectivity index (χ1v) is 7.04. The smallest absolute Gasteiger partial charge is 0.306 e. The van der Waals surface area contributed by atoms with Crippen molar-refractivity contribution in [3.8, 4) is 0 Å². The molecule has 1 unspecified atom stereocenters. The van der Waals surface area contributed by atoms with Crippen molar-refractivity contribution in [3.63, 3.8) is 0 Å². The zero-order chi connectivity index (χ0) is 17.8. The fourth-order valence-electron chi connectivity index (χ4n) is 1.59. The second-order valence-corrected chi connectivity index (χ2v) is 4.79. The summed E-state index contributed by atoms with van der Waals surface area (Å²) < 4.78 is 9.71. The normalized spacial score (nSPS) is 17.8. The van der Waals surface area contributed by atoms with Crippen molar-refractivity contribution in [2.24, 2.45) is 0 Å². The van der Waals surface area contributed by atoms with Gasteiger partial charge in [0.05, 0.1) is 19.8 Å². The van der Waals surface area contributed by atoms with E-state index in [4.69, 9.17) is 29.9 Å². The molecule has 0 aliphatic heterocycles. The van der Waals surface area contributed by atoms with E-state index in [1.807, 2.05) is 0 Å². The Morgan fingerprint density at radius 1 is 1.09 bits per heavy atom. The highest BCUT2D eigenvalue weighted by molar-refractivity contribution is 5.69.